The van der Waals surface area contributed by atoms with Gasteiger partial charge in [0.05, 0.1) is 9.86 Å². The van der Waals surface area contributed by atoms with Crippen molar-refractivity contribution in [3.05, 3.63) is 16.5 Å². The number of rotatable bonds is 0. The maximum Gasteiger partial charge on any atom is 0.146 e. The summed E-state index contributed by atoms with van der Waals surface area (Å²) in [5.74, 6) is 0.514. The molecule has 0 spiro atoms. The summed E-state index contributed by atoms with van der Waals surface area (Å²) in [6.07, 6.45) is 1.48. The summed E-state index contributed by atoms with van der Waals surface area (Å²) in [6, 6.07) is 0. The molecule has 2 heterocycles. The van der Waals surface area contributed by atoms with Crippen LogP contribution in [0.25, 0.3) is 11.0 Å². The Labute approximate surface area is 83.9 Å². The molecule has 2 aromatic heterocycles. The molecular formula is C8H9BrN4. The first-order valence-corrected chi connectivity index (χ1v) is 4.63. The van der Waals surface area contributed by atoms with Crippen LogP contribution in [0.1, 0.15) is 5.69 Å². The lowest BCUT2D eigenvalue weighted by atomic mass is 10.3. The fourth-order valence-corrected chi connectivity index (χ4v) is 1.99. The highest BCUT2D eigenvalue weighted by molar-refractivity contribution is 9.10. The van der Waals surface area contributed by atoms with Crippen molar-refractivity contribution in [3.63, 3.8) is 0 Å². The molecule has 5 heteroatoms. The molecule has 0 saturated heterocycles. The SMILES string of the molecule is Cc1c(Br)c2c(N)ncnc2n1C. The van der Waals surface area contributed by atoms with Crippen molar-refractivity contribution < 1.29 is 0 Å². The van der Waals surface area contributed by atoms with Gasteiger partial charge in [0.15, 0.2) is 0 Å². The van der Waals surface area contributed by atoms with Gasteiger partial charge in [0, 0.05) is 12.7 Å². The number of nitrogen functional groups attached to an aromatic ring is 1. The van der Waals surface area contributed by atoms with Crippen LogP contribution < -0.4 is 5.73 Å². The largest absolute Gasteiger partial charge is 0.383 e. The van der Waals surface area contributed by atoms with E-state index in [1.54, 1.807) is 0 Å². The van der Waals surface area contributed by atoms with Gasteiger partial charge in [-0.2, -0.15) is 0 Å². The summed E-state index contributed by atoms with van der Waals surface area (Å²) in [4.78, 5) is 8.11. The van der Waals surface area contributed by atoms with Crippen LogP contribution >= 0.6 is 15.9 Å². The normalized spacial score (nSPS) is 11.0. The van der Waals surface area contributed by atoms with Crippen LogP contribution in [0, 0.1) is 6.92 Å². The number of halogens is 1. The Balaban J connectivity index is 3.03. The molecule has 2 N–H and O–H groups in total. The Hall–Kier alpha value is -1.10. The molecule has 0 amide bonds. The minimum Gasteiger partial charge on any atom is -0.383 e. The predicted molar refractivity (Wildman–Crippen MR) is 55.4 cm³/mol. The van der Waals surface area contributed by atoms with Crippen LogP contribution in [0.2, 0.25) is 0 Å². The average molecular weight is 241 g/mol. The van der Waals surface area contributed by atoms with Crippen LogP contribution in [-0.4, -0.2) is 14.5 Å². The summed E-state index contributed by atoms with van der Waals surface area (Å²) in [7, 11) is 1.95. The summed E-state index contributed by atoms with van der Waals surface area (Å²) >= 11 is 3.47. The fraction of sp³-hybridized carbons (Fsp3) is 0.250. The molecule has 2 aromatic rings. The van der Waals surface area contributed by atoms with Crippen LogP contribution in [-0.2, 0) is 7.05 Å². The Bertz CT molecular complexity index is 474. The molecular weight excluding hydrogens is 232 g/mol. The fourth-order valence-electron chi connectivity index (χ4n) is 1.34. The molecule has 0 fully saturated rings. The number of nitrogens with zero attached hydrogens (tertiary/aromatic N) is 3. The Morgan fingerprint density at radius 3 is 2.77 bits per heavy atom. The molecule has 0 aliphatic carbocycles. The van der Waals surface area contributed by atoms with Gasteiger partial charge in [-0.1, -0.05) is 0 Å². The van der Waals surface area contributed by atoms with E-state index in [-0.39, 0.29) is 0 Å². The van der Waals surface area contributed by atoms with E-state index in [0.717, 1.165) is 21.2 Å². The Morgan fingerprint density at radius 1 is 1.46 bits per heavy atom. The molecule has 13 heavy (non-hydrogen) atoms. The molecule has 0 aromatic carbocycles. The minimum atomic E-state index is 0.514. The van der Waals surface area contributed by atoms with Gasteiger partial charge in [-0.25, -0.2) is 9.97 Å². The third-order valence-corrected chi connectivity index (χ3v) is 3.18. The molecule has 0 unspecified atom stereocenters. The molecule has 0 aliphatic heterocycles. The topological polar surface area (TPSA) is 56.7 Å². The molecule has 0 radical (unpaired) electrons. The monoisotopic (exact) mass is 240 g/mol. The number of anilines is 1. The highest BCUT2D eigenvalue weighted by Crippen LogP contribution is 2.30. The van der Waals surface area contributed by atoms with Gasteiger partial charge < -0.3 is 10.3 Å². The van der Waals surface area contributed by atoms with Crippen LogP contribution in [0.5, 0.6) is 0 Å². The van der Waals surface area contributed by atoms with E-state index in [4.69, 9.17) is 5.73 Å². The number of aryl methyl sites for hydroxylation is 1. The highest BCUT2D eigenvalue weighted by Gasteiger charge is 2.13. The van der Waals surface area contributed by atoms with Crippen LogP contribution in [0.3, 0.4) is 0 Å². The van der Waals surface area contributed by atoms with Crippen LogP contribution in [0.4, 0.5) is 5.82 Å². The van der Waals surface area contributed by atoms with E-state index in [9.17, 15) is 0 Å². The third-order valence-electron chi connectivity index (χ3n) is 2.21. The average Bonchev–Trinajstić information content (AvgIpc) is 2.33. The summed E-state index contributed by atoms with van der Waals surface area (Å²) in [6.45, 7) is 2.01. The second-order valence-electron chi connectivity index (χ2n) is 2.92. The summed E-state index contributed by atoms with van der Waals surface area (Å²) in [5.41, 5.74) is 7.70. The number of nitrogens with two attached hydrogens (primary N) is 1. The number of aromatic nitrogens is 3. The first kappa shape index (κ1) is 8.50. The molecule has 0 bridgehead atoms. The standard InChI is InChI=1S/C8H9BrN4/c1-4-6(9)5-7(10)11-3-12-8(5)13(4)2/h3H,1-2H3,(H2,10,11,12). The molecule has 2 rings (SSSR count). The van der Waals surface area contributed by atoms with Gasteiger partial charge in [0.25, 0.3) is 0 Å². The van der Waals surface area contributed by atoms with Gasteiger partial charge in [-0.05, 0) is 22.9 Å². The van der Waals surface area contributed by atoms with Gasteiger partial charge in [0.2, 0.25) is 0 Å². The first-order chi connectivity index (χ1) is 6.13. The maximum atomic E-state index is 5.74. The lowest BCUT2D eigenvalue weighted by Crippen LogP contribution is -1.95. The molecule has 68 valence electrons. The number of hydrogen-bond acceptors (Lipinski definition) is 3. The zero-order valence-electron chi connectivity index (χ0n) is 7.37. The lowest BCUT2D eigenvalue weighted by molar-refractivity contribution is 0.896. The van der Waals surface area contributed by atoms with Gasteiger partial charge in [-0.3, -0.25) is 0 Å². The van der Waals surface area contributed by atoms with Gasteiger partial charge >= 0.3 is 0 Å². The first-order valence-electron chi connectivity index (χ1n) is 3.84. The molecule has 0 aliphatic rings. The zero-order valence-corrected chi connectivity index (χ0v) is 8.96. The summed E-state index contributed by atoms with van der Waals surface area (Å²) < 4.78 is 2.96. The van der Waals surface area contributed by atoms with Crippen molar-refractivity contribution in [1.29, 1.82) is 0 Å². The molecule has 0 atom stereocenters. The smallest absolute Gasteiger partial charge is 0.146 e. The quantitative estimate of drug-likeness (QED) is 0.762. The van der Waals surface area contributed by atoms with E-state index in [2.05, 4.69) is 25.9 Å². The predicted octanol–water partition coefficient (Wildman–Crippen LogP) is 1.62. The Morgan fingerprint density at radius 2 is 2.15 bits per heavy atom. The van der Waals surface area contributed by atoms with Crippen molar-refractivity contribution in [1.82, 2.24) is 14.5 Å². The van der Waals surface area contributed by atoms with E-state index in [0.29, 0.717) is 5.82 Å². The van der Waals surface area contributed by atoms with Crippen molar-refractivity contribution in [3.8, 4) is 0 Å². The maximum absolute atomic E-state index is 5.74. The summed E-state index contributed by atoms with van der Waals surface area (Å²) in [5, 5.41) is 0.891. The van der Waals surface area contributed by atoms with Crippen molar-refractivity contribution in [2.45, 2.75) is 6.92 Å². The highest BCUT2D eigenvalue weighted by atomic mass is 79.9. The van der Waals surface area contributed by atoms with Crippen LogP contribution in [0.15, 0.2) is 10.8 Å². The number of fused-ring (bicyclic) bond motifs is 1. The third kappa shape index (κ3) is 1.03. The van der Waals surface area contributed by atoms with Crippen molar-refractivity contribution in [2.75, 3.05) is 5.73 Å². The van der Waals surface area contributed by atoms with Gasteiger partial charge in [0.1, 0.15) is 17.8 Å². The molecule has 4 nitrogen and oxygen atoms in total. The van der Waals surface area contributed by atoms with Crippen molar-refractivity contribution in [2.24, 2.45) is 7.05 Å². The number of hydrogen-bond donors (Lipinski definition) is 1. The van der Waals surface area contributed by atoms with E-state index in [1.165, 1.54) is 6.33 Å². The minimum absolute atomic E-state index is 0.514. The second-order valence-corrected chi connectivity index (χ2v) is 3.71. The van der Waals surface area contributed by atoms with E-state index < -0.39 is 0 Å². The second kappa shape index (κ2) is 2.70. The van der Waals surface area contributed by atoms with Gasteiger partial charge in [-0.15, -0.1) is 0 Å². The zero-order chi connectivity index (χ0) is 9.59. The molecule has 0 saturated carbocycles. The van der Waals surface area contributed by atoms with Crippen molar-refractivity contribution >= 4 is 32.8 Å². The Kier molecular flexibility index (Phi) is 1.76. The lowest BCUT2D eigenvalue weighted by Gasteiger charge is -1.96. The van der Waals surface area contributed by atoms with E-state index >= 15 is 0 Å². The van der Waals surface area contributed by atoms with E-state index in [1.807, 2.05) is 18.5 Å².